The van der Waals surface area contributed by atoms with Crippen molar-refractivity contribution in [1.29, 1.82) is 5.26 Å². The molecule has 2 fully saturated rings. The van der Waals surface area contributed by atoms with Crippen molar-refractivity contribution in [3.63, 3.8) is 0 Å². The summed E-state index contributed by atoms with van der Waals surface area (Å²) < 4.78 is 60.6. The molecule has 5 rings (SSSR count). The number of aromatic nitrogens is 3. The molecule has 1 aromatic carbocycles. The van der Waals surface area contributed by atoms with Gasteiger partial charge >= 0.3 is 6.01 Å². The molecule has 3 aromatic rings. The van der Waals surface area contributed by atoms with E-state index >= 15 is 4.39 Å². The maximum atomic E-state index is 15.4. The lowest BCUT2D eigenvalue weighted by atomic mass is 10.1. The van der Waals surface area contributed by atoms with E-state index in [-0.39, 0.29) is 28.8 Å². The SMILES string of the molecule is CCC1CC(F)CN1.COc1nc(N2CCNC(CC#N)C2)c2cnc(-c3cc(F)ccc3F)c(F)c2n1. The highest BCUT2D eigenvalue weighted by Gasteiger charge is 2.26. The Morgan fingerprint density at radius 1 is 1.18 bits per heavy atom. The highest BCUT2D eigenvalue weighted by atomic mass is 19.1. The number of alkyl halides is 1. The summed E-state index contributed by atoms with van der Waals surface area (Å²) in [6, 6.07) is 5.19. The molecule has 0 radical (unpaired) electrons. The van der Waals surface area contributed by atoms with Crippen molar-refractivity contribution in [3.8, 4) is 23.3 Å². The maximum absolute atomic E-state index is 15.4. The smallest absolute Gasteiger partial charge is 0.318 e. The second-order valence-electron chi connectivity index (χ2n) is 9.15. The lowest BCUT2D eigenvalue weighted by Crippen LogP contribution is -2.51. The van der Waals surface area contributed by atoms with Gasteiger partial charge in [-0.15, -0.1) is 0 Å². The number of nitrogens with zero attached hydrogens (tertiary/aromatic N) is 5. The third kappa shape index (κ3) is 6.11. The summed E-state index contributed by atoms with van der Waals surface area (Å²) >= 11 is 0. The third-order valence-electron chi connectivity index (χ3n) is 6.56. The number of hydrogen-bond donors (Lipinski definition) is 2. The van der Waals surface area contributed by atoms with Crippen molar-refractivity contribution in [2.75, 3.05) is 38.2 Å². The van der Waals surface area contributed by atoms with Gasteiger partial charge in [0.15, 0.2) is 5.82 Å². The molecule has 2 N–H and O–H groups in total. The molecule has 2 aliphatic heterocycles. The number of ether oxygens (including phenoxy) is 1. The van der Waals surface area contributed by atoms with Gasteiger partial charge in [-0.1, -0.05) is 6.92 Å². The largest absolute Gasteiger partial charge is 0.467 e. The Bertz CT molecular complexity index is 1320. The molecular formula is C26H29F4N7O. The fraction of sp³-hybridized carbons (Fsp3) is 0.462. The van der Waals surface area contributed by atoms with E-state index in [9.17, 15) is 13.2 Å². The number of piperazine rings is 1. The van der Waals surface area contributed by atoms with Crippen LogP contribution in [0.15, 0.2) is 24.4 Å². The average molecular weight is 532 g/mol. The van der Waals surface area contributed by atoms with Crippen LogP contribution < -0.4 is 20.3 Å². The zero-order valence-corrected chi connectivity index (χ0v) is 21.1. The number of nitrogens with one attached hydrogen (secondary N) is 2. The van der Waals surface area contributed by atoms with Crippen molar-refractivity contribution in [2.45, 2.75) is 44.4 Å². The number of halogens is 4. The van der Waals surface area contributed by atoms with Gasteiger partial charge < -0.3 is 20.3 Å². The van der Waals surface area contributed by atoms with Gasteiger partial charge in [0.1, 0.15) is 34.8 Å². The maximum Gasteiger partial charge on any atom is 0.318 e. The van der Waals surface area contributed by atoms with E-state index in [1.165, 1.54) is 13.3 Å². The summed E-state index contributed by atoms with van der Waals surface area (Å²) in [4.78, 5) is 14.4. The van der Waals surface area contributed by atoms with Crippen LogP contribution in [-0.2, 0) is 0 Å². The Hall–Kier alpha value is -3.56. The van der Waals surface area contributed by atoms with Crippen LogP contribution in [-0.4, -0.2) is 66.5 Å². The van der Waals surface area contributed by atoms with Crippen molar-refractivity contribution in [1.82, 2.24) is 25.6 Å². The predicted octanol–water partition coefficient (Wildman–Crippen LogP) is 3.91. The molecule has 2 saturated heterocycles. The highest BCUT2D eigenvalue weighted by Crippen LogP contribution is 2.33. The number of pyridine rings is 1. The Morgan fingerprint density at radius 3 is 2.66 bits per heavy atom. The summed E-state index contributed by atoms with van der Waals surface area (Å²) in [5, 5.41) is 15.6. The molecule has 0 saturated carbocycles. The van der Waals surface area contributed by atoms with Gasteiger partial charge in [-0.3, -0.25) is 4.98 Å². The van der Waals surface area contributed by atoms with Crippen molar-refractivity contribution < 1.29 is 22.3 Å². The van der Waals surface area contributed by atoms with Crippen LogP contribution in [0, 0.1) is 28.8 Å². The molecule has 202 valence electrons. The first-order valence-electron chi connectivity index (χ1n) is 12.4. The van der Waals surface area contributed by atoms with Crippen LogP contribution in [0.2, 0.25) is 0 Å². The number of anilines is 1. The molecule has 0 amide bonds. The topological polar surface area (TPSA) is 99.0 Å². The minimum absolute atomic E-state index is 0.0661. The number of rotatable bonds is 5. The summed E-state index contributed by atoms with van der Waals surface area (Å²) in [6.45, 7) is 4.31. The number of benzene rings is 1. The monoisotopic (exact) mass is 531 g/mol. The Morgan fingerprint density at radius 2 is 2.00 bits per heavy atom. The molecule has 2 aromatic heterocycles. The van der Waals surface area contributed by atoms with Gasteiger partial charge in [-0.2, -0.15) is 15.2 Å². The summed E-state index contributed by atoms with van der Waals surface area (Å²) in [6.07, 6.45) is 2.84. The molecule has 4 heterocycles. The van der Waals surface area contributed by atoms with Crippen molar-refractivity contribution >= 4 is 16.7 Å². The van der Waals surface area contributed by atoms with Gasteiger partial charge in [0, 0.05) is 50.0 Å². The minimum atomic E-state index is -0.900. The van der Waals surface area contributed by atoms with Crippen LogP contribution in [0.3, 0.4) is 0 Å². The van der Waals surface area contributed by atoms with E-state index in [4.69, 9.17) is 10.00 Å². The molecule has 3 atom stereocenters. The zero-order valence-electron chi connectivity index (χ0n) is 21.1. The lowest BCUT2D eigenvalue weighted by molar-refractivity contribution is 0.354. The first-order valence-corrected chi connectivity index (χ1v) is 12.4. The van der Waals surface area contributed by atoms with Crippen LogP contribution >= 0.6 is 0 Å². The third-order valence-corrected chi connectivity index (χ3v) is 6.56. The Balaban J connectivity index is 0.000000360. The molecule has 0 spiro atoms. The van der Waals surface area contributed by atoms with E-state index < -0.39 is 23.6 Å². The summed E-state index contributed by atoms with van der Waals surface area (Å²) in [7, 11) is 1.35. The van der Waals surface area contributed by atoms with Gasteiger partial charge in [-0.05, 0) is 31.0 Å². The Kier molecular flexibility index (Phi) is 8.91. The van der Waals surface area contributed by atoms with Gasteiger partial charge in [0.25, 0.3) is 0 Å². The Labute approximate surface area is 218 Å². The van der Waals surface area contributed by atoms with Crippen LogP contribution in [0.1, 0.15) is 26.2 Å². The van der Waals surface area contributed by atoms with Crippen molar-refractivity contribution in [3.05, 3.63) is 41.8 Å². The fourth-order valence-corrected chi connectivity index (χ4v) is 4.57. The number of nitriles is 1. The number of methoxy groups -OCH3 is 1. The quantitative estimate of drug-likeness (QED) is 0.479. The molecule has 3 unspecified atom stereocenters. The standard InChI is InChI=1S/C20H17F3N6O.C6H12FN/c1-30-20-27-18-14(19(28-20)29-7-6-25-12(10-29)4-5-24)9-26-17(16(18)23)13-8-11(21)2-3-15(13)22;1-2-6-3-5(7)4-8-6/h2-3,8-9,12,25H,4,6-7,10H2,1H3;5-6,8H,2-4H2,1H3. The zero-order chi connectivity index (χ0) is 27.2. The van der Waals surface area contributed by atoms with E-state index in [2.05, 4.69) is 38.6 Å². The van der Waals surface area contributed by atoms with Gasteiger partial charge in [0.2, 0.25) is 0 Å². The molecular weight excluding hydrogens is 502 g/mol. The summed E-state index contributed by atoms with van der Waals surface area (Å²) in [5.74, 6) is -2.01. The average Bonchev–Trinajstić information content (AvgIpc) is 3.36. The van der Waals surface area contributed by atoms with Gasteiger partial charge in [-0.25, -0.2) is 17.6 Å². The first kappa shape index (κ1) is 27.5. The molecule has 12 heteroatoms. The van der Waals surface area contributed by atoms with E-state index in [0.29, 0.717) is 49.8 Å². The van der Waals surface area contributed by atoms with Crippen LogP contribution in [0.25, 0.3) is 22.2 Å². The normalized spacial score (nSPS) is 21.1. The van der Waals surface area contributed by atoms with E-state index in [0.717, 1.165) is 31.0 Å². The lowest BCUT2D eigenvalue weighted by Gasteiger charge is -2.34. The minimum Gasteiger partial charge on any atom is -0.467 e. The van der Waals surface area contributed by atoms with Gasteiger partial charge in [0.05, 0.1) is 25.0 Å². The number of fused-ring (bicyclic) bond motifs is 1. The molecule has 8 nitrogen and oxygen atoms in total. The van der Waals surface area contributed by atoms with E-state index in [1.54, 1.807) is 0 Å². The highest BCUT2D eigenvalue weighted by molar-refractivity contribution is 5.92. The molecule has 0 bridgehead atoms. The fourth-order valence-electron chi connectivity index (χ4n) is 4.57. The van der Waals surface area contributed by atoms with Crippen molar-refractivity contribution in [2.24, 2.45) is 0 Å². The molecule has 2 aliphatic rings. The molecule has 38 heavy (non-hydrogen) atoms. The van der Waals surface area contributed by atoms with Crippen LogP contribution in [0.5, 0.6) is 6.01 Å². The second kappa shape index (κ2) is 12.3. The first-order chi connectivity index (χ1) is 18.3. The predicted molar refractivity (Wildman–Crippen MR) is 135 cm³/mol. The van der Waals surface area contributed by atoms with Crippen LogP contribution in [0.4, 0.5) is 23.4 Å². The second-order valence-corrected chi connectivity index (χ2v) is 9.15. The molecule has 0 aliphatic carbocycles. The number of hydrogen-bond acceptors (Lipinski definition) is 8. The van der Waals surface area contributed by atoms with E-state index in [1.807, 2.05) is 4.90 Å². The summed E-state index contributed by atoms with van der Waals surface area (Å²) in [5.41, 5.74) is -0.764.